The Balaban J connectivity index is 2.23. The molecule has 2 N–H and O–H groups in total. The van der Waals surface area contributed by atoms with E-state index in [0.29, 0.717) is 18.7 Å². The van der Waals surface area contributed by atoms with Crippen molar-refractivity contribution in [3.8, 4) is 0 Å². The zero-order valence-corrected chi connectivity index (χ0v) is 12.9. The molecule has 0 aliphatic heterocycles. The molecule has 0 unspecified atom stereocenters. The second kappa shape index (κ2) is 7.32. The lowest BCUT2D eigenvalue weighted by Crippen LogP contribution is -2.54. The zero-order valence-electron chi connectivity index (χ0n) is 12.9. The highest BCUT2D eigenvalue weighted by Gasteiger charge is 2.36. The van der Waals surface area contributed by atoms with Gasteiger partial charge in [-0.15, -0.1) is 0 Å². The minimum absolute atomic E-state index is 0.0486. The summed E-state index contributed by atoms with van der Waals surface area (Å²) in [5.74, 6) is -0.714. The van der Waals surface area contributed by atoms with Crippen LogP contribution in [0, 0.1) is 11.6 Å². The number of nitrogens with two attached hydrogens (primary N) is 1. The van der Waals surface area contributed by atoms with Crippen LogP contribution in [0.3, 0.4) is 0 Å². The molecule has 0 radical (unpaired) electrons. The van der Waals surface area contributed by atoms with Crippen LogP contribution < -0.4 is 5.73 Å². The van der Waals surface area contributed by atoms with Gasteiger partial charge in [-0.25, -0.2) is 8.78 Å². The predicted octanol–water partition coefficient (Wildman–Crippen LogP) is 3.84. The molecule has 0 saturated heterocycles. The van der Waals surface area contributed by atoms with Crippen molar-refractivity contribution in [1.82, 2.24) is 4.90 Å². The van der Waals surface area contributed by atoms with Crippen molar-refractivity contribution in [3.63, 3.8) is 0 Å². The molecule has 21 heavy (non-hydrogen) atoms. The van der Waals surface area contributed by atoms with Gasteiger partial charge in [-0.3, -0.25) is 4.90 Å². The lowest BCUT2D eigenvalue weighted by Gasteiger charge is -2.46. The largest absolute Gasteiger partial charge is 0.329 e. The number of hydrogen-bond acceptors (Lipinski definition) is 2. The van der Waals surface area contributed by atoms with Crippen LogP contribution in [0.5, 0.6) is 0 Å². The van der Waals surface area contributed by atoms with Crippen LogP contribution >= 0.6 is 0 Å². The maximum atomic E-state index is 13.9. The second-order valence-corrected chi connectivity index (χ2v) is 6.15. The number of halogens is 2. The molecule has 1 fully saturated rings. The van der Waals surface area contributed by atoms with Crippen LogP contribution in [-0.2, 0) is 6.54 Å². The number of nitrogens with zero attached hydrogens (tertiary/aromatic N) is 1. The molecule has 4 heteroatoms. The Morgan fingerprint density at radius 1 is 1.19 bits per heavy atom. The summed E-state index contributed by atoms with van der Waals surface area (Å²) in [5.41, 5.74) is 6.47. The summed E-state index contributed by atoms with van der Waals surface area (Å²) in [5, 5.41) is 0. The van der Waals surface area contributed by atoms with Crippen LogP contribution in [0.1, 0.15) is 51.0 Å². The fourth-order valence-corrected chi connectivity index (χ4v) is 3.48. The van der Waals surface area contributed by atoms with E-state index in [4.69, 9.17) is 5.73 Å². The summed E-state index contributed by atoms with van der Waals surface area (Å²) < 4.78 is 27.3. The Bertz CT molecular complexity index is 456. The van der Waals surface area contributed by atoms with E-state index < -0.39 is 0 Å². The molecule has 2 rings (SSSR count). The van der Waals surface area contributed by atoms with Crippen LogP contribution in [-0.4, -0.2) is 23.5 Å². The van der Waals surface area contributed by atoms with Crippen molar-refractivity contribution in [2.75, 3.05) is 13.1 Å². The summed E-state index contributed by atoms with van der Waals surface area (Å²) in [6.45, 7) is 4.01. The van der Waals surface area contributed by atoms with Crippen LogP contribution in [0.25, 0.3) is 0 Å². The van der Waals surface area contributed by atoms with Crippen molar-refractivity contribution in [2.24, 2.45) is 5.73 Å². The van der Waals surface area contributed by atoms with Crippen LogP contribution in [0.2, 0.25) is 0 Å². The number of rotatable bonds is 6. The summed E-state index contributed by atoms with van der Waals surface area (Å²) in [6, 6.07) is 3.69. The Morgan fingerprint density at radius 2 is 1.90 bits per heavy atom. The van der Waals surface area contributed by atoms with Gasteiger partial charge in [0.15, 0.2) is 0 Å². The molecule has 0 heterocycles. The second-order valence-electron chi connectivity index (χ2n) is 6.15. The fourth-order valence-electron chi connectivity index (χ4n) is 3.48. The van der Waals surface area contributed by atoms with Gasteiger partial charge in [0.25, 0.3) is 0 Å². The molecule has 2 nitrogen and oxygen atoms in total. The first-order valence-electron chi connectivity index (χ1n) is 8.00. The van der Waals surface area contributed by atoms with E-state index in [0.717, 1.165) is 25.8 Å². The molecule has 1 aliphatic rings. The normalized spacial score (nSPS) is 18.1. The van der Waals surface area contributed by atoms with E-state index in [2.05, 4.69) is 11.8 Å². The summed E-state index contributed by atoms with van der Waals surface area (Å²) in [4.78, 5) is 2.28. The van der Waals surface area contributed by atoms with Crippen molar-refractivity contribution in [3.05, 3.63) is 35.4 Å². The average Bonchev–Trinajstić information content (AvgIpc) is 2.51. The fraction of sp³-hybridized carbons (Fsp3) is 0.647. The third-order valence-electron chi connectivity index (χ3n) is 4.70. The molecule has 118 valence electrons. The Labute approximate surface area is 126 Å². The highest BCUT2D eigenvalue weighted by atomic mass is 19.1. The van der Waals surface area contributed by atoms with Gasteiger partial charge in [-0.1, -0.05) is 26.2 Å². The quantitative estimate of drug-likeness (QED) is 0.864. The Hall–Kier alpha value is -1.00. The highest BCUT2D eigenvalue weighted by molar-refractivity contribution is 5.19. The van der Waals surface area contributed by atoms with Crippen LogP contribution in [0.15, 0.2) is 18.2 Å². The summed E-state index contributed by atoms with van der Waals surface area (Å²) in [6.07, 6.45) is 6.68. The van der Waals surface area contributed by atoms with Crippen molar-refractivity contribution >= 4 is 0 Å². The summed E-state index contributed by atoms with van der Waals surface area (Å²) in [7, 11) is 0. The Kier molecular flexibility index (Phi) is 5.71. The SMILES string of the molecule is CCCN(Cc1cc(F)ccc1F)C1(CN)CCCCC1. The van der Waals surface area contributed by atoms with E-state index in [9.17, 15) is 8.78 Å². The lowest BCUT2D eigenvalue weighted by atomic mass is 9.80. The van der Waals surface area contributed by atoms with Gasteiger partial charge in [0, 0.05) is 24.2 Å². The summed E-state index contributed by atoms with van der Waals surface area (Å²) >= 11 is 0. The first kappa shape index (κ1) is 16.4. The molecule has 1 aromatic carbocycles. The third kappa shape index (κ3) is 3.80. The molecule has 0 aromatic heterocycles. The third-order valence-corrected chi connectivity index (χ3v) is 4.70. The minimum Gasteiger partial charge on any atom is -0.329 e. The highest BCUT2D eigenvalue weighted by Crippen LogP contribution is 2.34. The smallest absolute Gasteiger partial charge is 0.127 e. The molecular weight excluding hydrogens is 270 g/mol. The molecule has 0 spiro atoms. The molecule has 1 saturated carbocycles. The molecule has 0 bridgehead atoms. The monoisotopic (exact) mass is 296 g/mol. The first-order chi connectivity index (χ1) is 10.1. The van der Waals surface area contributed by atoms with Crippen molar-refractivity contribution in [1.29, 1.82) is 0 Å². The van der Waals surface area contributed by atoms with Gasteiger partial charge in [0.1, 0.15) is 11.6 Å². The van der Waals surface area contributed by atoms with E-state index in [1.807, 2.05) is 0 Å². The lowest BCUT2D eigenvalue weighted by molar-refractivity contribution is 0.0485. The van der Waals surface area contributed by atoms with E-state index in [-0.39, 0.29) is 17.2 Å². The van der Waals surface area contributed by atoms with Gasteiger partial charge in [0.2, 0.25) is 0 Å². The molecular formula is C17H26F2N2. The van der Waals surface area contributed by atoms with E-state index >= 15 is 0 Å². The molecule has 0 atom stereocenters. The average molecular weight is 296 g/mol. The predicted molar refractivity (Wildman–Crippen MR) is 81.9 cm³/mol. The standard InChI is InChI=1S/C17H26F2N2/c1-2-10-21(17(13-20)8-4-3-5-9-17)12-14-11-15(18)6-7-16(14)19/h6-7,11H,2-5,8-10,12-13,20H2,1H3. The van der Waals surface area contributed by atoms with Crippen LogP contribution in [0.4, 0.5) is 8.78 Å². The molecule has 1 aromatic rings. The van der Waals surface area contributed by atoms with Gasteiger partial charge < -0.3 is 5.73 Å². The minimum atomic E-state index is -0.381. The van der Waals surface area contributed by atoms with Gasteiger partial charge in [-0.2, -0.15) is 0 Å². The first-order valence-corrected chi connectivity index (χ1v) is 8.00. The molecule has 1 aliphatic carbocycles. The van der Waals surface area contributed by atoms with E-state index in [1.165, 1.54) is 37.5 Å². The zero-order chi connectivity index (χ0) is 15.3. The van der Waals surface area contributed by atoms with Crippen molar-refractivity contribution < 1.29 is 8.78 Å². The van der Waals surface area contributed by atoms with Gasteiger partial charge >= 0.3 is 0 Å². The number of hydrogen-bond donors (Lipinski definition) is 1. The van der Waals surface area contributed by atoms with E-state index in [1.54, 1.807) is 0 Å². The Morgan fingerprint density at radius 3 is 2.52 bits per heavy atom. The van der Waals surface area contributed by atoms with Gasteiger partial charge in [0.05, 0.1) is 0 Å². The number of benzene rings is 1. The maximum absolute atomic E-state index is 13.9. The van der Waals surface area contributed by atoms with Gasteiger partial charge in [-0.05, 0) is 44.0 Å². The maximum Gasteiger partial charge on any atom is 0.127 e. The van der Waals surface area contributed by atoms with Crippen molar-refractivity contribution in [2.45, 2.75) is 57.5 Å². The molecule has 0 amide bonds. The topological polar surface area (TPSA) is 29.3 Å².